The molecule has 0 aliphatic heterocycles. The van der Waals surface area contributed by atoms with Gasteiger partial charge in [-0.25, -0.2) is 4.79 Å². The van der Waals surface area contributed by atoms with Crippen LogP contribution in [0.2, 0.25) is 0 Å². The van der Waals surface area contributed by atoms with Gasteiger partial charge in [-0.15, -0.1) is 0 Å². The summed E-state index contributed by atoms with van der Waals surface area (Å²) in [5.41, 5.74) is 0.583. The van der Waals surface area contributed by atoms with E-state index in [0.29, 0.717) is 11.3 Å². The van der Waals surface area contributed by atoms with Crippen LogP contribution in [0.5, 0.6) is 0 Å². The van der Waals surface area contributed by atoms with Crippen LogP contribution in [0.1, 0.15) is 17.0 Å². The molecule has 0 N–H and O–H groups in total. The Balaban J connectivity index is 2.07. The fraction of sp³-hybridized carbons (Fsp3) is 0.286. The highest BCUT2D eigenvalue weighted by molar-refractivity contribution is 5.78. The zero-order valence-electron chi connectivity index (χ0n) is 11.1. The maximum absolute atomic E-state index is 13.9. The zero-order chi connectivity index (χ0) is 14.8. The number of aromatic nitrogens is 2. The Morgan fingerprint density at radius 1 is 1.35 bits per heavy atom. The number of halogens is 2. The number of hydrogen-bond acceptors (Lipinski definition) is 3. The molecule has 2 aromatic rings. The van der Waals surface area contributed by atoms with Crippen LogP contribution in [0.4, 0.5) is 8.78 Å². The van der Waals surface area contributed by atoms with Gasteiger partial charge in [-0.05, 0) is 18.6 Å². The first-order valence-corrected chi connectivity index (χ1v) is 6.01. The number of nitrogens with zero attached hydrogens (tertiary/aromatic N) is 2. The Morgan fingerprint density at radius 2 is 2.00 bits per heavy atom. The van der Waals surface area contributed by atoms with Crippen LogP contribution in [-0.4, -0.2) is 15.7 Å². The monoisotopic (exact) mass is 280 g/mol. The van der Waals surface area contributed by atoms with E-state index in [0.717, 1.165) is 0 Å². The molecule has 20 heavy (non-hydrogen) atoms. The van der Waals surface area contributed by atoms with Gasteiger partial charge in [0.2, 0.25) is 0 Å². The fourth-order valence-electron chi connectivity index (χ4n) is 1.63. The lowest BCUT2D eigenvalue weighted by atomic mass is 10.2. The van der Waals surface area contributed by atoms with Gasteiger partial charge in [-0.2, -0.15) is 13.9 Å². The molecule has 1 aromatic carbocycles. The second-order valence-corrected chi connectivity index (χ2v) is 4.43. The number of aryl methyl sites for hydroxylation is 2. The largest absolute Gasteiger partial charge is 0.456 e. The van der Waals surface area contributed by atoms with Crippen molar-refractivity contribution in [3.63, 3.8) is 0 Å². The van der Waals surface area contributed by atoms with Crippen LogP contribution in [-0.2, 0) is 29.1 Å². The molecule has 0 saturated heterocycles. The van der Waals surface area contributed by atoms with Crippen molar-refractivity contribution in [2.75, 3.05) is 0 Å². The zero-order valence-corrected chi connectivity index (χ0v) is 11.1. The SMILES string of the molecule is Cc1cc(C(F)(F)C(=O)OCc2ccccc2)nn1C. The first-order valence-electron chi connectivity index (χ1n) is 6.01. The van der Waals surface area contributed by atoms with Crippen molar-refractivity contribution in [2.45, 2.75) is 19.5 Å². The highest BCUT2D eigenvalue weighted by atomic mass is 19.3. The van der Waals surface area contributed by atoms with Crippen LogP contribution in [0.3, 0.4) is 0 Å². The number of alkyl halides is 2. The standard InChI is InChI=1S/C14H14F2N2O2/c1-10-8-12(17-18(10)2)14(15,16)13(19)20-9-11-6-4-3-5-7-11/h3-8H,9H2,1-2H3. The number of ether oxygens (including phenoxy) is 1. The van der Waals surface area contributed by atoms with Crippen molar-refractivity contribution in [3.8, 4) is 0 Å². The summed E-state index contributed by atoms with van der Waals surface area (Å²) in [7, 11) is 1.53. The molecule has 2 rings (SSSR count). The van der Waals surface area contributed by atoms with Gasteiger partial charge in [0.15, 0.2) is 0 Å². The predicted octanol–water partition coefficient (Wildman–Crippen LogP) is 2.56. The second kappa shape index (κ2) is 5.40. The van der Waals surface area contributed by atoms with Gasteiger partial charge in [0.05, 0.1) is 0 Å². The van der Waals surface area contributed by atoms with Crippen molar-refractivity contribution in [3.05, 3.63) is 53.3 Å². The summed E-state index contributed by atoms with van der Waals surface area (Å²) in [4.78, 5) is 11.5. The Kier molecular flexibility index (Phi) is 3.83. The summed E-state index contributed by atoms with van der Waals surface area (Å²) in [5.74, 6) is -5.35. The van der Waals surface area contributed by atoms with Crippen LogP contribution in [0, 0.1) is 6.92 Å². The van der Waals surface area contributed by atoms with Crippen molar-refractivity contribution < 1.29 is 18.3 Å². The van der Waals surface area contributed by atoms with Crippen LogP contribution in [0.25, 0.3) is 0 Å². The molecule has 6 heteroatoms. The van der Waals surface area contributed by atoms with E-state index < -0.39 is 17.6 Å². The van der Waals surface area contributed by atoms with E-state index >= 15 is 0 Å². The van der Waals surface area contributed by atoms with Gasteiger partial charge in [0, 0.05) is 12.7 Å². The number of rotatable bonds is 4. The van der Waals surface area contributed by atoms with Crippen LogP contribution < -0.4 is 0 Å². The fourth-order valence-corrected chi connectivity index (χ4v) is 1.63. The number of hydrogen-bond donors (Lipinski definition) is 0. The minimum Gasteiger partial charge on any atom is -0.456 e. The lowest BCUT2D eigenvalue weighted by molar-refractivity contribution is -0.175. The normalized spacial score (nSPS) is 11.4. The molecule has 0 bridgehead atoms. The summed E-state index contributed by atoms with van der Waals surface area (Å²) in [6, 6.07) is 9.82. The summed E-state index contributed by atoms with van der Waals surface area (Å²) in [5, 5.41) is 3.62. The third-order valence-electron chi connectivity index (χ3n) is 2.90. The van der Waals surface area contributed by atoms with Crippen molar-refractivity contribution in [1.29, 1.82) is 0 Å². The van der Waals surface area contributed by atoms with E-state index in [4.69, 9.17) is 0 Å². The lowest BCUT2D eigenvalue weighted by Crippen LogP contribution is -2.28. The van der Waals surface area contributed by atoms with E-state index in [2.05, 4.69) is 9.84 Å². The maximum atomic E-state index is 13.9. The van der Waals surface area contributed by atoms with Gasteiger partial charge in [0.1, 0.15) is 12.3 Å². The average Bonchev–Trinajstić information content (AvgIpc) is 2.78. The third kappa shape index (κ3) is 2.84. The molecule has 0 unspecified atom stereocenters. The van der Waals surface area contributed by atoms with Gasteiger partial charge in [-0.1, -0.05) is 30.3 Å². The van der Waals surface area contributed by atoms with Gasteiger partial charge in [0.25, 0.3) is 0 Å². The molecule has 106 valence electrons. The lowest BCUT2D eigenvalue weighted by Gasteiger charge is -2.12. The first-order chi connectivity index (χ1) is 9.41. The second-order valence-electron chi connectivity index (χ2n) is 4.43. The molecule has 0 radical (unpaired) electrons. The highest BCUT2D eigenvalue weighted by Gasteiger charge is 2.45. The first kappa shape index (κ1) is 14.2. The molecule has 0 amide bonds. The number of esters is 1. The van der Waals surface area contributed by atoms with E-state index in [9.17, 15) is 13.6 Å². The molecule has 4 nitrogen and oxygen atoms in total. The highest BCUT2D eigenvalue weighted by Crippen LogP contribution is 2.29. The summed E-state index contributed by atoms with van der Waals surface area (Å²) in [6.07, 6.45) is 0. The van der Waals surface area contributed by atoms with Gasteiger partial charge in [-0.3, -0.25) is 4.68 Å². The quantitative estimate of drug-likeness (QED) is 0.808. The molecule has 0 atom stereocenters. The van der Waals surface area contributed by atoms with E-state index in [1.165, 1.54) is 17.8 Å². The van der Waals surface area contributed by atoms with Crippen molar-refractivity contribution in [1.82, 2.24) is 9.78 Å². The molecular weight excluding hydrogens is 266 g/mol. The maximum Gasteiger partial charge on any atom is 0.386 e. The number of carbonyl (C=O) groups excluding carboxylic acids is 1. The molecular formula is C14H14F2N2O2. The van der Waals surface area contributed by atoms with Crippen LogP contribution >= 0.6 is 0 Å². The Labute approximate surface area is 115 Å². The van der Waals surface area contributed by atoms with Crippen molar-refractivity contribution >= 4 is 5.97 Å². The molecule has 0 aliphatic carbocycles. The van der Waals surface area contributed by atoms with E-state index in [-0.39, 0.29) is 6.61 Å². The van der Waals surface area contributed by atoms with Gasteiger partial charge < -0.3 is 4.74 Å². The summed E-state index contributed by atoms with van der Waals surface area (Å²) >= 11 is 0. The molecule has 1 heterocycles. The van der Waals surface area contributed by atoms with Crippen molar-refractivity contribution in [2.24, 2.45) is 7.05 Å². The molecule has 0 fully saturated rings. The smallest absolute Gasteiger partial charge is 0.386 e. The average molecular weight is 280 g/mol. The Morgan fingerprint density at radius 3 is 2.55 bits per heavy atom. The topological polar surface area (TPSA) is 44.1 Å². The molecule has 1 aromatic heterocycles. The minimum absolute atomic E-state index is 0.193. The van der Waals surface area contributed by atoms with Gasteiger partial charge >= 0.3 is 11.9 Å². The summed E-state index contributed by atoms with van der Waals surface area (Å²) < 4.78 is 33.7. The predicted molar refractivity (Wildman–Crippen MR) is 68.1 cm³/mol. The van der Waals surface area contributed by atoms with Crippen LogP contribution in [0.15, 0.2) is 36.4 Å². The molecule has 0 aliphatic rings. The summed E-state index contributed by atoms with van der Waals surface area (Å²) in [6.45, 7) is 1.43. The number of benzene rings is 1. The Hall–Kier alpha value is -2.24. The molecule has 0 saturated carbocycles. The van der Waals surface area contributed by atoms with E-state index in [1.54, 1.807) is 37.3 Å². The minimum atomic E-state index is -3.75. The third-order valence-corrected chi connectivity index (χ3v) is 2.90. The molecule has 0 spiro atoms. The van der Waals surface area contributed by atoms with E-state index in [1.807, 2.05) is 0 Å². The number of carbonyl (C=O) groups is 1. The Bertz CT molecular complexity index is 589.